The molecular weight excluding hydrogens is 270 g/mol. The van der Waals surface area contributed by atoms with E-state index in [1.807, 2.05) is 12.1 Å². The van der Waals surface area contributed by atoms with Gasteiger partial charge in [0, 0.05) is 37.8 Å². The molecule has 1 atom stereocenters. The Balaban J connectivity index is 1.46. The van der Waals surface area contributed by atoms with E-state index in [1.54, 1.807) is 12.4 Å². The maximum absolute atomic E-state index is 12.0. The number of carbonyl (C=O) groups excluding carboxylic acids is 1. The number of rotatable bonds is 3. The summed E-state index contributed by atoms with van der Waals surface area (Å²) >= 11 is 0. The van der Waals surface area contributed by atoms with Gasteiger partial charge in [0.15, 0.2) is 5.79 Å². The first-order valence-electron chi connectivity index (χ1n) is 7.47. The largest absolute Gasteiger partial charge is 0.347 e. The number of hydrogen-bond acceptors (Lipinski definition) is 4. The highest BCUT2D eigenvalue weighted by atomic mass is 16.7. The van der Waals surface area contributed by atoms with Gasteiger partial charge in [-0.15, -0.1) is 0 Å². The van der Waals surface area contributed by atoms with E-state index in [1.165, 1.54) is 0 Å². The number of ether oxygens (including phenoxy) is 2. The van der Waals surface area contributed by atoms with Crippen LogP contribution in [0.4, 0.5) is 4.79 Å². The smallest absolute Gasteiger partial charge is 0.315 e. The van der Waals surface area contributed by atoms with Gasteiger partial charge in [0.05, 0.1) is 13.2 Å². The molecule has 21 heavy (non-hydrogen) atoms. The minimum Gasteiger partial charge on any atom is -0.347 e. The van der Waals surface area contributed by atoms with Gasteiger partial charge in [-0.25, -0.2) is 4.79 Å². The van der Waals surface area contributed by atoms with Crippen LogP contribution in [0.2, 0.25) is 0 Å². The van der Waals surface area contributed by atoms with Crippen molar-refractivity contribution in [1.29, 1.82) is 0 Å². The highest BCUT2D eigenvalue weighted by Crippen LogP contribution is 2.35. The third-order valence-electron chi connectivity index (χ3n) is 3.99. The number of nitrogens with one attached hydrogen (secondary N) is 2. The van der Waals surface area contributed by atoms with E-state index in [0.29, 0.717) is 19.8 Å². The van der Waals surface area contributed by atoms with E-state index < -0.39 is 5.79 Å². The highest BCUT2D eigenvalue weighted by Gasteiger charge is 2.41. The molecule has 2 amide bonds. The second kappa shape index (κ2) is 6.41. The lowest BCUT2D eigenvalue weighted by Crippen LogP contribution is -2.49. The maximum Gasteiger partial charge on any atom is 0.315 e. The Hall–Kier alpha value is -1.66. The molecule has 0 bridgehead atoms. The van der Waals surface area contributed by atoms with Crippen molar-refractivity contribution in [2.75, 3.05) is 13.2 Å². The molecule has 6 nitrogen and oxygen atoms in total. The van der Waals surface area contributed by atoms with Gasteiger partial charge in [-0.2, -0.15) is 0 Å². The molecule has 2 N–H and O–H groups in total. The summed E-state index contributed by atoms with van der Waals surface area (Å²) in [7, 11) is 0. The van der Waals surface area contributed by atoms with Crippen LogP contribution in [0.15, 0.2) is 24.5 Å². The predicted octanol–water partition coefficient (Wildman–Crippen LogP) is 1.57. The van der Waals surface area contributed by atoms with Crippen molar-refractivity contribution in [2.24, 2.45) is 0 Å². The van der Waals surface area contributed by atoms with E-state index in [9.17, 15) is 4.79 Å². The van der Waals surface area contributed by atoms with E-state index in [-0.39, 0.29) is 12.1 Å². The topological polar surface area (TPSA) is 72.5 Å². The molecule has 1 saturated carbocycles. The quantitative estimate of drug-likeness (QED) is 0.886. The van der Waals surface area contributed by atoms with Crippen LogP contribution in [-0.4, -0.2) is 36.1 Å². The lowest BCUT2D eigenvalue weighted by molar-refractivity contribution is -0.181. The summed E-state index contributed by atoms with van der Waals surface area (Å²) < 4.78 is 11.4. The molecule has 1 aliphatic carbocycles. The third kappa shape index (κ3) is 3.71. The zero-order chi connectivity index (χ0) is 14.5. The lowest BCUT2D eigenvalue weighted by Gasteiger charge is -2.36. The van der Waals surface area contributed by atoms with Crippen molar-refractivity contribution in [3.8, 4) is 0 Å². The predicted molar refractivity (Wildman–Crippen MR) is 76.5 cm³/mol. The Kier molecular flexibility index (Phi) is 4.36. The fraction of sp³-hybridized carbons (Fsp3) is 0.600. The van der Waals surface area contributed by atoms with Crippen molar-refractivity contribution in [3.63, 3.8) is 0 Å². The minimum absolute atomic E-state index is 0.103. The molecule has 2 heterocycles. The molecule has 1 aromatic heterocycles. The number of carbonyl (C=O) groups is 1. The normalized spacial score (nSPS) is 23.9. The van der Waals surface area contributed by atoms with Crippen LogP contribution in [0.3, 0.4) is 0 Å². The van der Waals surface area contributed by atoms with Gasteiger partial charge >= 0.3 is 6.03 Å². The van der Waals surface area contributed by atoms with Gasteiger partial charge in [0.25, 0.3) is 0 Å². The molecule has 6 heteroatoms. The van der Waals surface area contributed by atoms with Gasteiger partial charge < -0.3 is 20.1 Å². The Bertz CT molecular complexity index is 474. The summed E-state index contributed by atoms with van der Waals surface area (Å²) in [5.41, 5.74) is 0.982. The number of pyridine rings is 1. The Morgan fingerprint density at radius 1 is 1.43 bits per heavy atom. The monoisotopic (exact) mass is 291 g/mol. The second-order valence-corrected chi connectivity index (χ2v) is 5.59. The highest BCUT2D eigenvalue weighted by molar-refractivity contribution is 5.74. The summed E-state index contributed by atoms with van der Waals surface area (Å²) in [5.74, 6) is -0.459. The molecule has 1 aromatic rings. The molecule has 3 rings (SSSR count). The van der Waals surface area contributed by atoms with Crippen LogP contribution in [0, 0.1) is 0 Å². The molecule has 0 aromatic carbocycles. The van der Waals surface area contributed by atoms with Gasteiger partial charge in [-0.3, -0.25) is 4.98 Å². The van der Waals surface area contributed by atoms with Crippen molar-refractivity contribution in [2.45, 2.75) is 44.1 Å². The van der Waals surface area contributed by atoms with Crippen molar-refractivity contribution >= 4 is 6.03 Å². The Morgan fingerprint density at radius 2 is 2.29 bits per heavy atom. The van der Waals surface area contributed by atoms with E-state index in [0.717, 1.165) is 31.2 Å². The van der Waals surface area contributed by atoms with Crippen molar-refractivity contribution in [3.05, 3.63) is 30.1 Å². The zero-order valence-electron chi connectivity index (χ0n) is 12.0. The maximum atomic E-state index is 12.0. The molecular formula is C15H21N3O3. The molecule has 1 aliphatic heterocycles. The van der Waals surface area contributed by atoms with E-state index in [4.69, 9.17) is 9.47 Å². The summed E-state index contributed by atoms with van der Waals surface area (Å²) in [6.45, 7) is 1.78. The number of nitrogens with zero attached hydrogens (tertiary/aromatic N) is 1. The average Bonchev–Trinajstić information content (AvgIpc) is 2.94. The van der Waals surface area contributed by atoms with Crippen LogP contribution in [0.5, 0.6) is 0 Å². The summed E-state index contributed by atoms with van der Waals surface area (Å²) in [6.07, 6.45) is 7.08. The van der Waals surface area contributed by atoms with Crippen molar-refractivity contribution in [1.82, 2.24) is 15.6 Å². The number of urea groups is 1. The molecule has 0 unspecified atom stereocenters. The fourth-order valence-corrected chi connectivity index (χ4v) is 3.00. The number of amides is 2. The van der Waals surface area contributed by atoms with Crippen LogP contribution < -0.4 is 10.6 Å². The van der Waals surface area contributed by atoms with Crippen LogP contribution in [0.1, 0.15) is 31.2 Å². The average molecular weight is 291 g/mol. The summed E-state index contributed by atoms with van der Waals surface area (Å²) in [4.78, 5) is 16.0. The van der Waals surface area contributed by atoms with E-state index in [2.05, 4.69) is 15.6 Å². The SMILES string of the molecule is O=C(NCc1cccnc1)N[C@H]1CCCC2(C1)OCCO2. The van der Waals surface area contributed by atoms with Gasteiger partial charge in [-0.05, 0) is 24.5 Å². The van der Waals surface area contributed by atoms with Crippen LogP contribution in [-0.2, 0) is 16.0 Å². The number of hydrogen-bond donors (Lipinski definition) is 2. The van der Waals surface area contributed by atoms with Gasteiger partial charge in [0.2, 0.25) is 0 Å². The molecule has 1 saturated heterocycles. The van der Waals surface area contributed by atoms with Crippen LogP contribution in [0.25, 0.3) is 0 Å². The molecule has 114 valence electrons. The molecule has 1 spiro atoms. The zero-order valence-corrected chi connectivity index (χ0v) is 12.0. The standard InChI is InChI=1S/C15H21N3O3/c19-14(17-11-12-3-2-6-16-10-12)18-13-4-1-5-15(9-13)20-7-8-21-15/h2-3,6,10,13H,1,4-5,7-9,11H2,(H2,17,18,19)/t13-/m0/s1. The summed E-state index contributed by atoms with van der Waals surface area (Å²) in [5, 5.41) is 5.86. The first kappa shape index (κ1) is 14.3. The third-order valence-corrected chi connectivity index (χ3v) is 3.99. The van der Waals surface area contributed by atoms with Gasteiger partial charge in [-0.1, -0.05) is 6.07 Å². The second-order valence-electron chi connectivity index (χ2n) is 5.59. The van der Waals surface area contributed by atoms with Crippen LogP contribution >= 0.6 is 0 Å². The molecule has 0 radical (unpaired) electrons. The molecule has 2 aliphatic rings. The lowest BCUT2D eigenvalue weighted by atomic mass is 9.90. The first-order valence-corrected chi connectivity index (χ1v) is 7.47. The first-order chi connectivity index (χ1) is 10.3. The van der Waals surface area contributed by atoms with E-state index >= 15 is 0 Å². The molecule has 2 fully saturated rings. The Labute approximate surface area is 124 Å². The van der Waals surface area contributed by atoms with Crippen molar-refractivity contribution < 1.29 is 14.3 Å². The number of aromatic nitrogens is 1. The Morgan fingerprint density at radius 3 is 3.05 bits per heavy atom. The van der Waals surface area contributed by atoms with Gasteiger partial charge in [0.1, 0.15) is 0 Å². The fourth-order valence-electron chi connectivity index (χ4n) is 3.00. The summed E-state index contributed by atoms with van der Waals surface area (Å²) in [6, 6.07) is 3.74. The minimum atomic E-state index is -0.459.